The SMILES string of the molecule is CCCCCCOC(=O)COc1cccc2ccc(=O)[nH]c12. The zero-order chi connectivity index (χ0) is 15.8. The summed E-state index contributed by atoms with van der Waals surface area (Å²) in [6, 6.07) is 8.56. The molecule has 0 saturated heterocycles. The molecule has 0 atom stereocenters. The van der Waals surface area contributed by atoms with E-state index in [0.717, 1.165) is 31.1 Å². The first-order valence-electron chi connectivity index (χ1n) is 7.61. The fraction of sp³-hybridized carbons (Fsp3) is 0.412. The summed E-state index contributed by atoms with van der Waals surface area (Å²) in [6.45, 7) is 2.40. The predicted molar refractivity (Wildman–Crippen MR) is 85.2 cm³/mol. The van der Waals surface area contributed by atoms with Crippen molar-refractivity contribution in [3.63, 3.8) is 0 Å². The van der Waals surface area contributed by atoms with Gasteiger partial charge >= 0.3 is 5.97 Å². The van der Waals surface area contributed by atoms with Crippen LogP contribution in [0.1, 0.15) is 32.6 Å². The third-order valence-electron chi connectivity index (χ3n) is 3.33. The Kier molecular flexibility index (Phi) is 6.01. The average Bonchev–Trinajstić information content (AvgIpc) is 2.52. The largest absolute Gasteiger partial charge is 0.480 e. The lowest BCUT2D eigenvalue weighted by atomic mass is 10.2. The van der Waals surface area contributed by atoms with E-state index in [-0.39, 0.29) is 12.2 Å². The molecule has 0 aliphatic heterocycles. The molecule has 5 nitrogen and oxygen atoms in total. The van der Waals surface area contributed by atoms with Crippen LogP contribution in [-0.4, -0.2) is 24.2 Å². The third kappa shape index (κ3) is 4.62. The standard InChI is InChI=1S/C17H21NO4/c1-2-3-4-5-11-21-16(20)12-22-14-8-6-7-13-9-10-15(19)18-17(13)14/h6-10H,2-5,11-12H2,1H3,(H,18,19). The number of carbonyl (C=O) groups excluding carboxylic acids is 1. The molecule has 0 radical (unpaired) electrons. The van der Waals surface area contributed by atoms with Gasteiger partial charge in [0.1, 0.15) is 5.75 Å². The second kappa shape index (κ2) is 8.22. The van der Waals surface area contributed by atoms with Crippen molar-refractivity contribution in [1.29, 1.82) is 0 Å². The molecule has 5 heteroatoms. The maximum Gasteiger partial charge on any atom is 0.344 e. The summed E-state index contributed by atoms with van der Waals surface area (Å²) < 4.78 is 10.6. The molecule has 2 rings (SSSR count). The Morgan fingerprint density at radius 3 is 2.82 bits per heavy atom. The van der Waals surface area contributed by atoms with Crippen LogP contribution in [0.25, 0.3) is 10.9 Å². The van der Waals surface area contributed by atoms with Crippen LogP contribution in [0, 0.1) is 0 Å². The topological polar surface area (TPSA) is 68.4 Å². The number of fused-ring (bicyclic) bond motifs is 1. The van der Waals surface area contributed by atoms with E-state index in [9.17, 15) is 9.59 Å². The van der Waals surface area contributed by atoms with Crippen LogP contribution in [-0.2, 0) is 9.53 Å². The highest BCUT2D eigenvalue weighted by atomic mass is 16.6. The number of H-pyrrole nitrogens is 1. The molecule has 0 fully saturated rings. The molecule has 118 valence electrons. The molecule has 0 unspecified atom stereocenters. The van der Waals surface area contributed by atoms with Crippen molar-refractivity contribution in [3.8, 4) is 5.75 Å². The van der Waals surface area contributed by atoms with Crippen molar-refractivity contribution in [3.05, 3.63) is 40.7 Å². The number of ether oxygens (including phenoxy) is 2. The molecule has 0 saturated carbocycles. The number of unbranched alkanes of at least 4 members (excludes halogenated alkanes) is 3. The Bertz CT molecular complexity index is 678. The fourth-order valence-corrected chi connectivity index (χ4v) is 2.16. The van der Waals surface area contributed by atoms with E-state index in [1.807, 2.05) is 12.1 Å². The van der Waals surface area contributed by atoms with Crippen LogP contribution in [0.5, 0.6) is 5.75 Å². The fourth-order valence-electron chi connectivity index (χ4n) is 2.16. The number of aromatic amines is 1. The minimum absolute atomic E-state index is 0.163. The van der Waals surface area contributed by atoms with Crippen LogP contribution in [0.2, 0.25) is 0 Å². The van der Waals surface area contributed by atoms with Crippen molar-refractivity contribution in [2.24, 2.45) is 0 Å². The normalized spacial score (nSPS) is 10.6. The van der Waals surface area contributed by atoms with Crippen molar-refractivity contribution >= 4 is 16.9 Å². The molecule has 0 amide bonds. The number of benzene rings is 1. The van der Waals surface area contributed by atoms with Crippen LogP contribution >= 0.6 is 0 Å². The molecular formula is C17H21NO4. The molecule has 0 aliphatic rings. The monoisotopic (exact) mass is 303 g/mol. The maximum absolute atomic E-state index is 11.6. The number of carbonyl (C=O) groups is 1. The van der Waals surface area contributed by atoms with Crippen molar-refractivity contribution in [2.45, 2.75) is 32.6 Å². The number of para-hydroxylation sites is 1. The second-order valence-electron chi connectivity index (χ2n) is 5.11. The van der Waals surface area contributed by atoms with Gasteiger partial charge in [-0.3, -0.25) is 4.79 Å². The number of pyridine rings is 1. The quantitative estimate of drug-likeness (QED) is 0.601. The number of esters is 1. The summed E-state index contributed by atoms with van der Waals surface area (Å²) in [5.74, 6) is 0.0740. The Labute approximate surface area is 129 Å². The van der Waals surface area contributed by atoms with E-state index < -0.39 is 5.97 Å². The van der Waals surface area contributed by atoms with Gasteiger partial charge in [-0.15, -0.1) is 0 Å². The molecule has 1 aromatic heterocycles. The van der Waals surface area contributed by atoms with E-state index in [2.05, 4.69) is 11.9 Å². The first kappa shape index (κ1) is 16.1. The zero-order valence-electron chi connectivity index (χ0n) is 12.8. The number of aromatic nitrogens is 1. The van der Waals surface area contributed by atoms with Crippen LogP contribution in [0.15, 0.2) is 35.1 Å². The summed E-state index contributed by atoms with van der Waals surface area (Å²) in [5, 5.41) is 0.852. The third-order valence-corrected chi connectivity index (χ3v) is 3.33. The Balaban J connectivity index is 1.87. The zero-order valence-corrected chi connectivity index (χ0v) is 12.8. The molecular weight excluding hydrogens is 282 g/mol. The minimum atomic E-state index is -0.397. The molecule has 1 heterocycles. The van der Waals surface area contributed by atoms with Gasteiger partial charge in [0.15, 0.2) is 6.61 Å². The highest BCUT2D eigenvalue weighted by Gasteiger charge is 2.07. The van der Waals surface area contributed by atoms with Gasteiger partial charge in [0, 0.05) is 11.5 Å². The minimum Gasteiger partial charge on any atom is -0.480 e. The highest BCUT2D eigenvalue weighted by molar-refractivity contribution is 5.84. The van der Waals surface area contributed by atoms with Gasteiger partial charge < -0.3 is 14.5 Å². The summed E-state index contributed by atoms with van der Waals surface area (Å²) in [5.41, 5.74) is 0.382. The Morgan fingerprint density at radius 2 is 2.00 bits per heavy atom. The summed E-state index contributed by atoms with van der Waals surface area (Å²) in [4.78, 5) is 25.7. The molecule has 0 aliphatic carbocycles. The number of hydrogen-bond acceptors (Lipinski definition) is 4. The van der Waals surface area contributed by atoms with Crippen LogP contribution in [0.3, 0.4) is 0 Å². The van der Waals surface area contributed by atoms with Gasteiger partial charge in [0.2, 0.25) is 5.56 Å². The predicted octanol–water partition coefficient (Wildman–Crippen LogP) is 3.03. The van der Waals surface area contributed by atoms with Gasteiger partial charge in [0.25, 0.3) is 0 Å². The van der Waals surface area contributed by atoms with E-state index in [4.69, 9.17) is 9.47 Å². The number of rotatable bonds is 8. The van der Waals surface area contributed by atoms with Gasteiger partial charge in [-0.2, -0.15) is 0 Å². The molecule has 0 spiro atoms. The Morgan fingerprint density at radius 1 is 1.14 bits per heavy atom. The average molecular weight is 303 g/mol. The first-order chi connectivity index (χ1) is 10.7. The van der Waals surface area contributed by atoms with Gasteiger partial charge in [-0.05, 0) is 18.6 Å². The van der Waals surface area contributed by atoms with Gasteiger partial charge in [0.05, 0.1) is 12.1 Å². The molecule has 2 aromatic rings. The van der Waals surface area contributed by atoms with E-state index in [1.165, 1.54) is 6.07 Å². The summed E-state index contributed by atoms with van der Waals surface area (Å²) in [7, 11) is 0. The number of nitrogens with one attached hydrogen (secondary N) is 1. The van der Waals surface area contributed by atoms with Crippen LogP contribution in [0.4, 0.5) is 0 Å². The molecule has 22 heavy (non-hydrogen) atoms. The van der Waals surface area contributed by atoms with E-state index in [0.29, 0.717) is 17.9 Å². The smallest absolute Gasteiger partial charge is 0.344 e. The van der Waals surface area contributed by atoms with Crippen LogP contribution < -0.4 is 10.3 Å². The first-order valence-corrected chi connectivity index (χ1v) is 7.61. The lowest BCUT2D eigenvalue weighted by Gasteiger charge is -2.09. The van der Waals surface area contributed by atoms with E-state index in [1.54, 1.807) is 12.1 Å². The summed E-state index contributed by atoms with van der Waals surface area (Å²) >= 11 is 0. The highest BCUT2D eigenvalue weighted by Crippen LogP contribution is 2.21. The van der Waals surface area contributed by atoms with Gasteiger partial charge in [-0.1, -0.05) is 38.3 Å². The van der Waals surface area contributed by atoms with Crippen molar-refractivity contribution < 1.29 is 14.3 Å². The lowest BCUT2D eigenvalue weighted by molar-refractivity contribution is -0.146. The molecule has 1 N–H and O–H groups in total. The maximum atomic E-state index is 11.6. The van der Waals surface area contributed by atoms with Gasteiger partial charge in [-0.25, -0.2) is 4.79 Å². The second-order valence-corrected chi connectivity index (χ2v) is 5.11. The van der Waals surface area contributed by atoms with Crippen molar-refractivity contribution in [1.82, 2.24) is 4.98 Å². The van der Waals surface area contributed by atoms with Crippen molar-refractivity contribution in [2.75, 3.05) is 13.2 Å². The molecule has 0 bridgehead atoms. The van der Waals surface area contributed by atoms with E-state index >= 15 is 0 Å². The summed E-state index contributed by atoms with van der Waals surface area (Å²) in [6.07, 6.45) is 4.24. The number of hydrogen-bond donors (Lipinski definition) is 1. The molecule has 1 aromatic carbocycles. The Hall–Kier alpha value is -2.30. The lowest BCUT2D eigenvalue weighted by Crippen LogP contribution is -2.16.